The quantitative estimate of drug-likeness (QED) is 0.581. The maximum Gasteiger partial charge on any atom is 0.0700 e. The van der Waals surface area contributed by atoms with Crippen LogP contribution in [-0.4, -0.2) is 33.5 Å². The number of rotatable bonds is 9. The van der Waals surface area contributed by atoms with E-state index in [0.29, 0.717) is 13.2 Å². The molecular weight excluding hydrogens is 178 g/mol. The van der Waals surface area contributed by atoms with E-state index in [0.717, 1.165) is 32.4 Å². The molecule has 0 aliphatic heterocycles. The number of ether oxygens (including phenoxy) is 2. The molecule has 0 unspecified atom stereocenters. The highest BCUT2D eigenvalue weighted by molar-refractivity contribution is 4.77. The molecule has 0 bridgehead atoms. The van der Waals surface area contributed by atoms with Crippen molar-refractivity contribution in [1.29, 1.82) is 0 Å². The highest BCUT2D eigenvalue weighted by Crippen LogP contribution is 2.28. The molecule has 0 aliphatic rings. The Morgan fingerprint density at radius 1 is 1.07 bits per heavy atom. The minimum atomic E-state index is 0.285. The van der Waals surface area contributed by atoms with Crippen molar-refractivity contribution in [1.82, 2.24) is 0 Å². The Hall–Kier alpha value is -0.120. The molecule has 0 rings (SSSR count). The van der Waals surface area contributed by atoms with Crippen LogP contribution in [0, 0.1) is 5.41 Å². The van der Waals surface area contributed by atoms with Gasteiger partial charge in [-0.05, 0) is 31.2 Å². The Balaban J connectivity index is 3.61. The molecule has 0 atom stereocenters. The van der Waals surface area contributed by atoms with Gasteiger partial charge in [0.2, 0.25) is 0 Å². The van der Waals surface area contributed by atoms with Crippen molar-refractivity contribution in [2.24, 2.45) is 11.1 Å². The van der Waals surface area contributed by atoms with E-state index in [4.69, 9.17) is 15.2 Å². The third-order valence-corrected chi connectivity index (χ3v) is 3.14. The summed E-state index contributed by atoms with van der Waals surface area (Å²) in [6, 6.07) is 0. The Morgan fingerprint density at radius 3 is 2.14 bits per heavy atom. The summed E-state index contributed by atoms with van der Waals surface area (Å²) in [4.78, 5) is 0. The molecule has 86 valence electrons. The van der Waals surface area contributed by atoms with Crippen LogP contribution in [0.1, 0.15) is 33.1 Å². The topological polar surface area (TPSA) is 44.5 Å². The standard InChI is InChI=1S/C11H25NO2/c1-4-11(5-2,10-12)6-7-14-9-8-13-3/h4-10,12H2,1-3H3. The van der Waals surface area contributed by atoms with E-state index >= 15 is 0 Å². The predicted octanol–water partition coefficient (Wildman–Crippen LogP) is 1.80. The van der Waals surface area contributed by atoms with E-state index in [1.807, 2.05) is 0 Å². The lowest BCUT2D eigenvalue weighted by Crippen LogP contribution is -2.30. The van der Waals surface area contributed by atoms with Gasteiger partial charge in [0.25, 0.3) is 0 Å². The smallest absolute Gasteiger partial charge is 0.0700 e. The van der Waals surface area contributed by atoms with Gasteiger partial charge in [-0.2, -0.15) is 0 Å². The SMILES string of the molecule is CCC(CC)(CN)CCOCCOC. The molecule has 0 aliphatic carbocycles. The van der Waals surface area contributed by atoms with Crippen molar-refractivity contribution >= 4 is 0 Å². The van der Waals surface area contributed by atoms with Gasteiger partial charge in [0, 0.05) is 13.7 Å². The first kappa shape index (κ1) is 13.9. The summed E-state index contributed by atoms with van der Waals surface area (Å²) in [7, 11) is 1.69. The van der Waals surface area contributed by atoms with Crippen LogP contribution in [0.15, 0.2) is 0 Å². The second kappa shape index (κ2) is 8.21. The minimum Gasteiger partial charge on any atom is -0.382 e. The zero-order chi connectivity index (χ0) is 10.9. The number of nitrogens with two attached hydrogens (primary N) is 1. The van der Waals surface area contributed by atoms with E-state index in [2.05, 4.69) is 13.8 Å². The van der Waals surface area contributed by atoms with Crippen LogP contribution in [0.5, 0.6) is 0 Å². The zero-order valence-electron chi connectivity index (χ0n) is 9.84. The fraction of sp³-hybridized carbons (Fsp3) is 1.00. The summed E-state index contributed by atoms with van der Waals surface area (Å²) < 4.78 is 10.4. The Morgan fingerprint density at radius 2 is 1.71 bits per heavy atom. The molecule has 0 fully saturated rings. The van der Waals surface area contributed by atoms with Crippen molar-refractivity contribution in [2.75, 3.05) is 33.5 Å². The molecule has 0 saturated heterocycles. The van der Waals surface area contributed by atoms with Gasteiger partial charge in [0.05, 0.1) is 13.2 Å². The van der Waals surface area contributed by atoms with Crippen molar-refractivity contribution in [3.05, 3.63) is 0 Å². The molecule has 0 aromatic carbocycles. The molecule has 2 N–H and O–H groups in total. The van der Waals surface area contributed by atoms with Gasteiger partial charge in [0.15, 0.2) is 0 Å². The van der Waals surface area contributed by atoms with E-state index in [-0.39, 0.29) is 5.41 Å². The van der Waals surface area contributed by atoms with E-state index in [9.17, 15) is 0 Å². The summed E-state index contributed by atoms with van der Waals surface area (Å²) in [5, 5.41) is 0. The lowest BCUT2D eigenvalue weighted by molar-refractivity contribution is 0.0503. The molecule has 0 heterocycles. The highest BCUT2D eigenvalue weighted by Gasteiger charge is 2.23. The first-order chi connectivity index (χ1) is 6.74. The first-order valence-corrected chi connectivity index (χ1v) is 5.51. The fourth-order valence-corrected chi connectivity index (χ4v) is 1.53. The molecule has 3 heteroatoms. The molecule has 0 saturated carbocycles. The number of hydrogen-bond acceptors (Lipinski definition) is 3. The summed E-state index contributed by atoms with van der Waals surface area (Å²) in [6.07, 6.45) is 3.32. The van der Waals surface area contributed by atoms with Gasteiger partial charge in [-0.1, -0.05) is 13.8 Å². The van der Waals surface area contributed by atoms with E-state index < -0.39 is 0 Å². The van der Waals surface area contributed by atoms with Gasteiger partial charge in [-0.3, -0.25) is 0 Å². The van der Waals surface area contributed by atoms with Crippen LogP contribution >= 0.6 is 0 Å². The van der Waals surface area contributed by atoms with Crippen LogP contribution in [0.2, 0.25) is 0 Å². The number of methoxy groups -OCH3 is 1. The Kier molecular flexibility index (Phi) is 8.14. The van der Waals surface area contributed by atoms with Gasteiger partial charge in [0.1, 0.15) is 0 Å². The maximum atomic E-state index is 5.79. The van der Waals surface area contributed by atoms with Crippen LogP contribution in [0.25, 0.3) is 0 Å². The monoisotopic (exact) mass is 203 g/mol. The average Bonchev–Trinajstić information content (AvgIpc) is 2.24. The maximum absolute atomic E-state index is 5.79. The van der Waals surface area contributed by atoms with Crippen molar-refractivity contribution in [3.8, 4) is 0 Å². The second-order valence-corrected chi connectivity index (χ2v) is 3.77. The second-order valence-electron chi connectivity index (χ2n) is 3.77. The zero-order valence-corrected chi connectivity index (χ0v) is 9.84. The van der Waals surface area contributed by atoms with Crippen molar-refractivity contribution in [2.45, 2.75) is 33.1 Å². The first-order valence-electron chi connectivity index (χ1n) is 5.51. The predicted molar refractivity (Wildman–Crippen MR) is 59.4 cm³/mol. The molecule has 3 nitrogen and oxygen atoms in total. The minimum absolute atomic E-state index is 0.285. The average molecular weight is 203 g/mol. The molecule has 0 aromatic rings. The third kappa shape index (κ3) is 4.94. The van der Waals surface area contributed by atoms with Crippen LogP contribution in [-0.2, 0) is 9.47 Å². The van der Waals surface area contributed by atoms with Crippen LogP contribution in [0.3, 0.4) is 0 Å². The number of hydrogen-bond donors (Lipinski definition) is 1. The van der Waals surface area contributed by atoms with Gasteiger partial charge < -0.3 is 15.2 Å². The largest absolute Gasteiger partial charge is 0.382 e. The van der Waals surface area contributed by atoms with Crippen molar-refractivity contribution in [3.63, 3.8) is 0 Å². The molecule has 0 aromatic heterocycles. The normalized spacial score (nSPS) is 12.0. The van der Waals surface area contributed by atoms with Crippen LogP contribution < -0.4 is 5.73 Å². The lowest BCUT2D eigenvalue weighted by atomic mass is 9.80. The summed E-state index contributed by atoms with van der Waals surface area (Å²) >= 11 is 0. The van der Waals surface area contributed by atoms with Crippen molar-refractivity contribution < 1.29 is 9.47 Å². The highest BCUT2D eigenvalue weighted by atomic mass is 16.5. The molecule has 0 radical (unpaired) electrons. The molecule has 0 amide bonds. The fourth-order valence-electron chi connectivity index (χ4n) is 1.53. The third-order valence-electron chi connectivity index (χ3n) is 3.14. The lowest BCUT2D eigenvalue weighted by Gasteiger charge is -2.29. The Labute approximate surface area is 88.0 Å². The summed E-state index contributed by atoms with van der Waals surface area (Å²) in [5.74, 6) is 0. The van der Waals surface area contributed by atoms with E-state index in [1.165, 1.54) is 0 Å². The van der Waals surface area contributed by atoms with Gasteiger partial charge >= 0.3 is 0 Å². The summed E-state index contributed by atoms with van der Waals surface area (Å²) in [6.45, 7) is 7.31. The molecule has 0 spiro atoms. The molecular formula is C11H25NO2. The van der Waals surface area contributed by atoms with Gasteiger partial charge in [-0.25, -0.2) is 0 Å². The Bertz CT molecular complexity index is 116. The summed E-state index contributed by atoms with van der Waals surface area (Å²) in [5.41, 5.74) is 6.07. The van der Waals surface area contributed by atoms with E-state index in [1.54, 1.807) is 7.11 Å². The van der Waals surface area contributed by atoms with Gasteiger partial charge in [-0.15, -0.1) is 0 Å². The molecule has 14 heavy (non-hydrogen) atoms. The van der Waals surface area contributed by atoms with Crippen LogP contribution in [0.4, 0.5) is 0 Å².